The van der Waals surface area contributed by atoms with E-state index in [9.17, 15) is 9.90 Å². The zero-order valence-corrected chi connectivity index (χ0v) is 15.8. The SMILES string of the molecule is CC(=O)N[C@@H]1[C@H](Oc2cc(C)ccc2C)O[C@@H]2COC(C)(C)O[C@@H]2[C@H]1O. The third-order valence-electron chi connectivity index (χ3n) is 4.64. The summed E-state index contributed by atoms with van der Waals surface area (Å²) in [5.41, 5.74) is 1.98. The summed E-state index contributed by atoms with van der Waals surface area (Å²) in [6.45, 7) is 9.12. The molecule has 2 saturated heterocycles. The van der Waals surface area contributed by atoms with Gasteiger partial charge in [-0.2, -0.15) is 0 Å². The second-order valence-corrected chi connectivity index (χ2v) is 7.44. The smallest absolute Gasteiger partial charge is 0.223 e. The average Bonchev–Trinajstić information content (AvgIpc) is 2.54. The second-order valence-electron chi connectivity index (χ2n) is 7.44. The van der Waals surface area contributed by atoms with Crippen molar-refractivity contribution in [1.29, 1.82) is 0 Å². The molecule has 7 heteroatoms. The van der Waals surface area contributed by atoms with Crippen LogP contribution in [0.25, 0.3) is 0 Å². The van der Waals surface area contributed by atoms with Crippen LogP contribution in [0.1, 0.15) is 31.9 Å². The minimum atomic E-state index is -0.990. The Balaban J connectivity index is 1.85. The van der Waals surface area contributed by atoms with Gasteiger partial charge in [0, 0.05) is 6.92 Å². The maximum absolute atomic E-state index is 11.7. The number of amides is 1. The predicted octanol–water partition coefficient (Wildman–Crippen LogP) is 1.42. The lowest BCUT2D eigenvalue weighted by Crippen LogP contribution is -2.69. The first-order chi connectivity index (χ1) is 12.2. The maximum atomic E-state index is 11.7. The molecule has 0 radical (unpaired) electrons. The molecule has 144 valence electrons. The number of rotatable bonds is 3. The summed E-state index contributed by atoms with van der Waals surface area (Å²) in [6, 6.07) is 5.09. The van der Waals surface area contributed by atoms with E-state index in [1.165, 1.54) is 6.92 Å². The molecular formula is C19H27NO6. The van der Waals surface area contributed by atoms with Crippen molar-refractivity contribution in [2.24, 2.45) is 0 Å². The highest BCUT2D eigenvalue weighted by molar-refractivity contribution is 5.73. The quantitative estimate of drug-likeness (QED) is 0.843. The van der Waals surface area contributed by atoms with Gasteiger partial charge in [0.05, 0.1) is 6.61 Å². The number of nitrogens with one attached hydrogen (secondary N) is 1. The topological polar surface area (TPSA) is 86.3 Å². The summed E-state index contributed by atoms with van der Waals surface area (Å²) in [4.78, 5) is 11.7. The molecule has 0 aromatic heterocycles. The lowest BCUT2D eigenvalue weighted by atomic mass is 9.95. The number of aliphatic hydroxyl groups is 1. The molecule has 0 bridgehead atoms. The normalized spacial score (nSPS) is 33.2. The first kappa shape index (κ1) is 19.1. The summed E-state index contributed by atoms with van der Waals surface area (Å²) < 4.78 is 23.5. The van der Waals surface area contributed by atoms with Crippen molar-refractivity contribution in [3.05, 3.63) is 29.3 Å². The fraction of sp³-hybridized carbons (Fsp3) is 0.632. The maximum Gasteiger partial charge on any atom is 0.223 e. The van der Waals surface area contributed by atoms with Gasteiger partial charge in [-0.3, -0.25) is 4.79 Å². The van der Waals surface area contributed by atoms with Crippen molar-refractivity contribution < 1.29 is 28.8 Å². The third-order valence-corrected chi connectivity index (χ3v) is 4.64. The van der Waals surface area contributed by atoms with E-state index in [1.54, 1.807) is 13.8 Å². The molecular weight excluding hydrogens is 338 g/mol. The minimum absolute atomic E-state index is 0.272. The number of aryl methyl sites for hydroxylation is 2. The fourth-order valence-electron chi connectivity index (χ4n) is 3.29. The summed E-state index contributed by atoms with van der Waals surface area (Å²) in [5.74, 6) is -0.460. The summed E-state index contributed by atoms with van der Waals surface area (Å²) in [5, 5.41) is 13.6. The molecule has 2 heterocycles. The van der Waals surface area contributed by atoms with Crippen molar-refractivity contribution in [2.75, 3.05) is 6.61 Å². The van der Waals surface area contributed by atoms with Gasteiger partial charge in [-0.25, -0.2) is 0 Å². The van der Waals surface area contributed by atoms with E-state index in [1.807, 2.05) is 32.0 Å². The standard InChI is InChI=1S/C19H27NO6/c1-10-6-7-11(2)13(8-10)24-18-15(20-12(3)21)16(22)17-14(25-18)9-23-19(4,5)26-17/h6-8,14-18,22H,9H2,1-5H3,(H,20,21)/t14-,15+,16+,17+,18-/m1/s1. The van der Waals surface area contributed by atoms with Gasteiger partial charge in [-0.1, -0.05) is 12.1 Å². The molecule has 1 aromatic carbocycles. The number of fused-ring (bicyclic) bond motifs is 1. The number of aliphatic hydroxyl groups excluding tert-OH is 1. The minimum Gasteiger partial charge on any atom is -0.462 e. The Labute approximate surface area is 153 Å². The van der Waals surface area contributed by atoms with Crippen LogP contribution in [0.5, 0.6) is 5.75 Å². The molecule has 2 aliphatic rings. The van der Waals surface area contributed by atoms with Crippen molar-refractivity contribution >= 4 is 5.91 Å². The first-order valence-electron chi connectivity index (χ1n) is 8.82. The third kappa shape index (κ3) is 4.01. The van der Waals surface area contributed by atoms with Gasteiger partial charge in [-0.05, 0) is 44.9 Å². The van der Waals surface area contributed by atoms with E-state index in [-0.39, 0.29) is 12.5 Å². The van der Waals surface area contributed by atoms with E-state index in [0.29, 0.717) is 5.75 Å². The average molecular weight is 365 g/mol. The van der Waals surface area contributed by atoms with Gasteiger partial charge in [0.1, 0.15) is 30.1 Å². The molecule has 1 aromatic rings. The first-order valence-corrected chi connectivity index (χ1v) is 8.82. The Hall–Kier alpha value is -1.67. The Kier molecular flexibility index (Phi) is 5.25. The number of hydrogen-bond donors (Lipinski definition) is 2. The van der Waals surface area contributed by atoms with E-state index >= 15 is 0 Å². The van der Waals surface area contributed by atoms with Gasteiger partial charge < -0.3 is 29.4 Å². The molecule has 0 saturated carbocycles. The molecule has 0 unspecified atom stereocenters. The van der Waals surface area contributed by atoms with Crippen LogP contribution in [0.2, 0.25) is 0 Å². The largest absolute Gasteiger partial charge is 0.462 e. The molecule has 1 amide bonds. The van der Waals surface area contributed by atoms with Crippen LogP contribution in [-0.4, -0.2) is 54.1 Å². The predicted molar refractivity (Wildman–Crippen MR) is 93.7 cm³/mol. The number of benzene rings is 1. The van der Waals surface area contributed by atoms with E-state index in [0.717, 1.165) is 11.1 Å². The molecule has 0 aliphatic carbocycles. The number of carbonyl (C=O) groups is 1. The van der Waals surface area contributed by atoms with Crippen LogP contribution in [0.15, 0.2) is 18.2 Å². The van der Waals surface area contributed by atoms with Crippen molar-refractivity contribution in [3.8, 4) is 5.75 Å². The Morgan fingerprint density at radius 3 is 2.77 bits per heavy atom. The Morgan fingerprint density at radius 2 is 2.08 bits per heavy atom. The molecule has 26 heavy (non-hydrogen) atoms. The monoisotopic (exact) mass is 365 g/mol. The van der Waals surface area contributed by atoms with Gasteiger partial charge >= 0.3 is 0 Å². The number of ether oxygens (including phenoxy) is 4. The number of hydrogen-bond acceptors (Lipinski definition) is 6. The lowest BCUT2D eigenvalue weighted by molar-refractivity contribution is -0.361. The summed E-state index contributed by atoms with van der Waals surface area (Å²) in [7, 11) is 0. The second kappa shape index (κ2) is 7.15. The van der Waals surface area contributed by atoms with Crippen LogP contribution < -0.4 is 10.1 Å². The molecule has 2 fully saturated rings. The molecule has 7 nitrogen and oxygen atoms in total. The van der Waals surface area contributed by atoms with Crippen molar-refractivity contribution in [1.82, 2.24) is 5.32 Å². The summed E-state index contributed by atoms with van der Waals surface area (Å²) >= 11 is 0. The van der Waals surface area contributed by atoms with E-state index < -0.39 is 36.4 Å². The van der Waals surface area contributed by atoms with Gasteiger partial charge in [0.25, 0.3) is 0 Å². The van der Waals surface area contributed by atoms with Crippen molar-refractivity contribution in [3.63, 3.8) is 0 Å². The highest BCUT2D eigenvalue weighted by Crippen LogP contribution is 2.34. The van der Waals surface area contributed by atoms with Crippen molar-refractivity contribution in [2.45, 2.75) is 71.0 Å². The Bertz CT molecular complexity index is 676. The molecule has 5 atom stereocenters. The van der Waals surface area contributed by atoms with E-state index in [2.05, 4.69) is 5.32 Å². The van der Waals surface area contributed by atoms with Crippen LogP contribution >= 0.6 is 0 Å². The van der Waals surface area contributed by atoms with Gasteiger partial charge in [0.15, 0.2) is 5.79 Å². The van der Waals surface area contributed by atoms with Gasteiger partial charge in [-0.15, -0.1) is 0 Å². The highest BCUT2D eigenvalue weighted by atomic mass is 16.8. The van der Waals surface area contributed by atoms with Crippen LogP contribution in [0.4, 0.5) is 0 Å². The lowest BCUT2D eigenvalue weighted by Gasteiger charge is -2.49. The highest BCUT2D eigenvalue weighted by Gasteiger charge is 2.52. The van der Waals surface area contributed by atoms with Crippen LogP contribution in [-0.2, 0) is 19.0 Å². The Morgan fingerprint density at radius 1 is 1.35 bits per heavy atom. The number of carbonyl (C=O) groups excluding carboxylic acids is 1. The van der Waals surface area contributed by atoms with Crippen LogP contribution in [0, 0.1) is 13.8 Å². The van der Waals surface area contributed by atoms with Crippen LogP contribution in [0.3, 0.4) is 0 Å². The zero-order chi connectivity index (χ0) is 19.1. The molecule has 3 rings (SSSR count). The van der Waals surface area contributed by atoms with Gasteiger partial charge in [0.2, 0.25) is 12.2 Å². The fourth-order valence-corrected chi connectivity index (χ4v) is 3.29. The molecule has 2 aliphatic heterocycles. The molecule has 0 spiro atoms. The summed E-state index contributed by atoms with van der Waals surface area (Å²) in [6.07, 6.45) is -2.95. The zero-order valence-electron chi connectivity index (χ0n) is 15.8. The molecule has 2 N–H and O–H groups in total. The van der Waals surface area contributed by atoms with E-state index in [4.69, 9.17) is 18.9 Å².